The van der Waals surface area contributed by atoms with Gasteiger partial charge in [0.05, 0.1) is 0 Å². The highest BCUT2D eigenvalue weighted by Crippen LogP contribution is 2.17. The number of ether oxygens (including phenoxy) is 1. The molecule has 0 aliphatic rings. The van der Waals surface area contributed by atoms with Crippen molar-refractivity contribution < 1.29 is 43.4 Å². The zero-order valence-electron chi connectivity index (χ0n) is 59.2. The van der Waals surface area contributed by atoms with Gasteiger partial charge in [-0.25, -0.2) is 0 Å². The molecule has 1 aromatic rings. The lowest BCUT2D eigenvalue weighted by Gasteiger charge is -2.26. The van der Waals surface area contributed by atoms with Crippen molar-refractivity contribution in [2.24, 2.45) is 17.2 Å². The van der Waals surface area contributed by atoms with Gasteiger partial charge >= 0.3 is 0 Å². The van der Waals surface area contributed by atoms with Crippen LogP contribution in [0.3, 0.4) is 0 Å². The molecule has 0 radical (unpaired) electrons. The van der Waals surface area contributed by atoms with Crippen LogP contribution in [0.1, 0.15) is 310 Å². The zero-order valence-corrected chi connectivity index (χ0v) is 59.2. The molecule has 19 heteroatoms. The van der Waals surface area contributed by atoms with Crippen LogP contribution in [0.15, 0.2) is 24.3 Å². The summed E-state index contributed by atoms with van der Waals surface area (Å²) in [5.74, 6) is -1.82. The van der Waals surface area contributed by atoms with E-state index in [1.807, 2.05) is 24.3 Å². The third-order valence-corrected chi connectivity index (χ3v) is 16.8. The Bertz CT molecular complexity index is 1980. The Morgan fingerprint density at radius 2 is 0.793 bits per heavy atom. The molecule has 1 aromatic carbocycles. The summed E-state index contributed by atoms with van der Waals surface area (Å²) in [6, 6.07) is 4.39. The van der Waals surface area contributed by atoms with Crippen molar-refractivity contribution in [1.82, 2.24) is 37.2 Å². The molecule has 0 spiro atoms. The highest BCUT2D eigenvalue weighted by Gasteiger charge is 2.31. The second-order valence-electron chi connectivity index (χ2n) is 25.8. The number of aliphatic hydroxyl groups is 1. The SMILES string of the molecule is CCCCCCCCCCCCCCCC(=O)NCCCC[C@H](NC(=O)CCCCCCCCCCCCCCC)C(=O)N[C@H](CCCCN)C(=O)N[C@@H](CCCCN)C(=O)N[C@H](CCCCNC(=O)CC)C(N)=O.CCc1ccc(OCC(O)CNC(C)C)cc1. The number of aryl methyl sites for hydroxylation is 1. The lowest BCUT2D eigenvalue weighted by molar-refractivity contribution is -0.134. The van der Waals surface area contributed by atoms with E-state index in [0.717, 1.165) is 50.7 Å². The second-order valence-corrected chi connectivity index (χ2v) is 25.8. The van der Waals surface area contributed by atoms with Crippen molar-refractivity contribution in [3.63, 3.8) is 0 Å². The van der Waals surface area contributed by atoms with Crippen LogP contribution >= 0.6 is 0 Å². The summed E-state index contributed by atoms with van der Waals surface area (Å²) < 4.78 is 5.51. The van der Waals surface area contributed by atoms with Crippen LogP contribution in [0.2, 0.25) is 0 Å². The van der Waals surface area contributed by atoms with Crippen LogP contribution in [0.25, 0.3) is 0 Å². The van der Waals surface area contributed by atoms with Gasteiger partial charge in [0, 0.05) is 44.9 Å². The number of nitrogens with two attached hydrogens (primary N) is 3. The average molecular weight is 1300 g/mol. The van der Waals surface area contributed by atoms with E-state index in [4.69, 9.17) is 21.9 Å². The maximum Gasteiger partial charge on any atom is 0.243 e. The van der Waals surface area contributed by atoms with Gasteiger partial charge in [-0.15, -0.1) is 0 Å². The normalized spacial score (nSPS) is 12.8. The molecule has 7 amide bonds. The molecule has 0 aromatic heterocycles. The molecule has 534 valence electrons. The molecule has 0 aliphatic heterocycles. The maximum absolute atomic E-state index is 14.2. The van der Waals surface area contributed by atoms with Gasteiger partial charge in [0.2, 0.25) is 41.4 Å². The lowest BCUT2D eigenvalue weighted by Crippen LogP contribution is -2.58. The second kappa shape index (κ2) is 62.3. The van der Waals surface area contributed by atoms with Crippen LogP contribution in [0.5, 0.6) is 5.75 Å². The number of aliphatic hydroxyl groups excluding tert-OH is 1. The number of nitrogens with one attached hydrogen (secondary N) is 7. The van der Waals surface area contributed by atoms with E-state index < -0.39 is 53.9 Å². The van der Waals surface area contributed by atoms with E-state index in [1.54, 1.807) is 6.92 Å². The first-order valence-corrected chi connectivity index (χ1v) is 37.1. The number of unbranched alkanes of at least 4 members (excludes halogenated alkanes) is 28. The molecule has 0 bridgehead atoms. The fourth-order valence-corrected chi connectivity index (χ4v) is 10.8. The topological polar surface area (TPSA) is 311 Å². The number of rotatable bonds is 62. The van der Waals surface area contributed by atoms with Crippen molar-refractivity contribution >= 4 is 41.4 Å². The van der Waals surface area contributed by atoms with Crippen molar-refractivity contribution in [3.05, 3.63) is 29.8 Å². The predicted octanol–water partition coefficient (Wildman–Crippen LogP) is 11.6. The van der Waals surface area contributed by atoms with E-state index in [-0.39, 0.29) is 37.0 Å². The molecule has 0 aliphatic carbocycles. The molecule has 5 atom stereocenters. The fraction of sp³-hybridized carbons (Fsp3) is 0.822. The first-order chi connectivity index (χ1) is 44.5. The smallest absolute Gasteiger partial charge is 0.243 e. The van der Waals surface area contributed by atoms with Gasteiger partial charge in [0.25, 0.3) is 0 Å². The predicted molar refractivity (Wildman–Crippen MR) is 378 cm³/mol. The minimum Gasteiger partial charge on any atom is -0.491 e. The summed E-state index contributed by atoms with van der Waals surface area (Å²) in [6.07, 6.45) is 39.0. The van der Waals surface area contributed by atoms with Gasteiger partial charge in [-0.3, -0.25) is 33.6 Å². The van der Waals surface area contributed by atoms with Crippen molar-refractivity contribution in [2.75, 3.05) is 39.3 Å². The Kier molecular flexibility index (Phi) is 59.0. The summed E-state index contributed by atoms with van der Waals surface area (Å²) >= 11 is 0. The summed E-state index contributed by atoms with van der Waals surface area (Å²) in [5.41, 5.74) is 18.6. The van der Waals surface area contributed by atoms with Gasteiger partial charge in [0.1, 0.15) is 42.6 Å². The molecule has 0 saturated heterocycles. The fourth-order valence-electron chi connectivity index (χ4n) is 10.8. The van der Waals surface area contributed by atoms with Crippen molar-refractivity contribution in [3.8, 4) is 5.75 Å². The molecule has 19 nitrogen and oxygen atoms in total. The average Bonchev–Trinajstić information content (AvgIpc) is 2.30. The van der Waals surface area contributed by atoms with E-state index in [2.05, 4.69) is 71.8 Å². The molecule has 0 heterocycles. The molecular formula is C73H138N10O9. The van der Waals surface area contributed by atoms with Gasteiger partial charge < -0.3 is 64.3 Å². The lowest BCUT2D eigenvalue weighted by atomic mass is 10.0. The van der Waals surface area contributed by atoms with Crippen LogP contribution < -0.4 is 59.2 Å². The molecule has 1 rings (SSSR count). The van der Waals surface area contributed by atoms with Crippen molar-refractivity contribution in [2.45, 2.75) is 348 Å². The summed E-state index contributed by atoms with van der Waals surface area (Å²) in [4.78, 5) is 92.2. The quantitative estimate of drug-likeness (QED) is 0.0271. The van der Waals surface area contributed by atoms with E-state index in [9.17, 15) is 38.7 Å². The number of benzene rings is 1. The molecule has 1 unspecified atom stereocenters. The highest BCUT2D eigenvalue weighted by atomic mass is 16.5. The first-order valence-electron chi connectivity index (χ1n) is 37.1. The number of carbonyl (C=O) groups excluding carboxylic acids is 7. The molecule has 14 N–H and O–H groups in total. The third kappa shape index (κ3) is 52.5. The van der Waals surface area contributed by atoms with E-state index >= 15 is 0 Å². The summed E-state index contributed by atoms with van der Waals surface area (Å²) in [7, 11) is 0. The Morgan fingerprint density at radius 1 is 0.435 bits per heavy atom. The van der Waals surface area contributed by atoms with Gasteiger partial charge in [-0.05, 0) is 127 Å². The number of hydrogen-bond acceptors (Lipinski definition) is 12. The number of carbonyl (C=O) groups is 7. The third-order valence-electron chi connectivity index (χ3n) is 16.8. The monoisotopic (exact) mass is 1300 g/mol. The number of hydrogen-bond donors (Lipinski definition) is 11. The molecule has 92 heavy (non-hydrogen) atoms. The molecule has 0 fully saturated rings. The van der Waals surface area contributed by atoms with Gasteiger partial charge in [-0.2, -0.15) is 0 Å². The largest absolute Gasteiger partial charge is 0.491 e. The minimum absolute atomic E-state index is 0.0269. The Hall–Kier alpha value is -4.85. The zero-order chi connectivity index (χ0) is 68.1. The van der Waals surface area contributed by atoms with E-state index in [0.29, 0.717) is 129 Å². The highest BCUT2D eigenvalue weighted by molar-refractivity contribution is 5.95. The Labute approximate surface area is 559 Å². The van der Waals surface area contributed by atoms with Crippen LogP contribution in [0.4, 0.5) is 0 Å². The molecule has 0 saturated carbocycles. The Morgan fingerprint density at radius 3 is 1.17 bits per heavy atom. The first kappa shape index (κ1) is 87.2. The van der Waals surface area contributed by atoms with Crippen molar-refractivity contribution in [1.29, 1.82) is 0 Å². The van der Waals surface area contributed by atoms with Crippen LogP contribution in [-0.4, -0.2) is 122 Å². The van der Waals surface area contributed by atoms with Gasteiger partial charge in [-0.1, -0.05) is 208 Å². The van der Waals surface area contributed by atoms with Crippen LogP contribution in [0, 0.1) is 0 Å². The number of amides is 7. The summed E-state index contributed by atoms with van der Waals surface area (Å²) in [5, 5.41) is 30.1. The number of primary amides is 1. The summed E-state index contributed by atoms with van der Waals surface area (Å²) in [6.45, 7) is 15.0. The maximum atomic E-state index is 14.2. The van der Waals surface area contributed by atoms with Gasteiger partial charge in [0.15, 0.2) is 0 Å². The Balaban J connectivity index is 0.00000417. The van der Waals surface area contributed by atoms with E-state index in [1.165, 1.54) is 128 Å². The minimum atomic E-state index is -1.04. The van der Waals surface area contributed by atoms with Crippen LogP contribution in [-0.2, 0) is 40.0 Å². The standard InChI is InChI=1S/C59H115N9O7.C14H23NO2/c1-4-7-9-11-13-15-17-19-21-23-25-27-29-43-54(70)64-48-38-34-42-50(65-55(71)44-30-28-26-24-22-20-18-16-14-12-10-8-5-2)57(73)67-52(41-32-36-46-61)59(75)68-51(40-31-35-45-60)58(74)66-49(56(62)72)39-33-37-47-63-53(69)6-3;1-4-12-5-7-14(8-6-12)17-10-13(16)9-15-11(2)3/h49-52H,4-48,60-61H2,1-3H3,(H2,62,72)(H,63,69)(H,64,70)(H,65,71)(H,66,74)(H,67,73)(H,68,75);5-8,11,13,15-16H,4,9-10H2,1-3H3/t49-,50+,51+,52-;/m1./s1. The molecular weight excluding hydrogens is 1160 g/mol.